The Kier molecular flexibility index (Phi) is 2.39. The molecule has 1 aromatic heterocycles. The molecule has 0 atom stereocenters. The molecule has 1 aliphatic carbocycles. The van der Waals surface area contributed by atoms with E-state index in [-0.39, 0.29) is 11.4 Å². The van der Waals surface area contributed by atoms with Crippen molar-refractivity contribution in [2.24, 2.45) is 0 Å². The zero-order chi connectivity index (χ0) is 11.9. The average Bonchev–Trinajstić information content (AvgIpc) is 2.96. The van der Waals surface area contributed by atoms with Crippen molar-refractivity contribution in [3.05, 3.63) is 11.6 Å². The highest BCUT2D eigenvalue weighted by Gasteiger charge is 2.44. The summed E-state index contributed by atoms with van der Waals surface area (Å²) in [5.74, 6) is 0.445. The lowest BCUT2D eigenvalue weighted by atomic mass is 10.00. The van der Waals surface area contributed by atoms with E-state index in [4.69, 9.17) is 4.74 Å². The highest BCUT2D eigenvalue weighted by Crippen LogP contribution is 2.42. The van der Waals surface area contributed by atoms with E-state index in [0.29, 0.717) is 13.2 Å². The fraction of sp³-hybridized carbons (Fsp3) is 0.727. The zero-order valence-electron chi connectivity index (χ0n) is 9.81. The molecule has 1 spiro atoms. The lowest BCUT2D eigenvalue weighted by Crippen LogP contribution is -2.36. The maximum Gasteiger partial charge on any atom is 0.377 e. The van der Waals surface area contributed by atoms with E-state index >= 15 is 0 Å². The first-order valence-corrected chi connectivity index (χ1v) is 5.93. The van der Waals surface area contributed by atoms with Gasteiger partial charge < -0.3 is 9.47 Å². The van der Waals surface area contributed by atoms with Crippen LogP contribution in [0.5, 0.6) is 0 Å². The molecule has 3 rings (SSSR count). The van der Waals surface area contributed by atoms with Crippen molar-refractivity contribution in [2.75, 3.05) is 13.7 Å². The van der Waals surface area contributed by atoms with Gasteiger partial charge in [-0.3, -0.25) is 0 Å². The van der Waals surface area contributed by atoms with Crippen LogP contribution in [-0.4, -0.2) is 34.5 Å². The van der Waals surface area contributed by atoms with E-state index in [1.165, 1.54) is 7.11 Å². The number of carbonyl (C=O) groups excluding carboxylic acids is 1. The van der Waals surface area contributed by atoms with Crippen LogP contribution in [0.1, 0.15) is 42.1 Å². The van der Waals surface area contributed by atoms with Gasteiger partial charge in [-0.1, -0.05) is 0 Å². The van der Waals surface area contributed by atoms with Crippen LogP contribution in [0, 0.1) is 0 Å². The SMILES string of the molecule is COC(=O)c1nc2n(n1)CCOC21CCCC1. The Bertz CT molecular complexity index is 449. The Morgan fingerprint density at radius 1 is 1.47 bits per heavy atom. The molecular formula is C11H15N3O3. The minimum Gasteiger partial charge on any atom is -0.463 e. The molecule has 92 valence electrons. The van der Waals surface area contributed by atoms with Gasteiger partial charge in [0.05, 0.1) is 20.3 Å². The lowest BCUT2D eigenvalue weighted by Gasteiger charge is -2.32. The van der Waals surface area contributed by atoms with E-state index < -0.39 is 5.97 Å². The van der Waals surface area contributed by atoms with Crippen LogP contribution in [-0.2, 0) is 21.6 Å². The summed E-state index contributed by atoms with van der Waals surface area (Å²) in [7, 11) is 1.34. The molecule has 1 aromatic rings. The van der Waals surface area contributed by atoms with Gasteiger partial charge in [0.2, 0.25) is 0 Å². The van der Waals surface area contributed by atoms with Crippen molar-refractivity contribution in [2.45, 2.75) is 37.8 Å². The highest BCUT2D eigenvalue weighted by atomic mass is 16.5. The molecule has 1 fully saturated rings. The Morgan fingerprint density at radius 3 is 2.94 bits per heavy atom. The number of aromatic nitrogens is 3. The molecule has 0 radical (unpaired) electrons. The molecule has 0 unspecified atom stereocenters. The first-order valence-electron chi connectivity index (χ1n) is 5.93. The van der Waals surface area contributed by atoms with E-state index in [0.717, 1.165) is 31.5 Å². The van der Waals surface area contributed by atoms with Crippen LogP contribution in [0.3, 0.4) is 0 Å². The van der Waals surface area contributed by atoms with Crippen LogP contribution >= 0.6 is 0 Å². The third-order valence-corrected chi connectivity index (χ3v) is 3.54. The summed E-state index contributed by atoms with van der Waals surface area (Å²) in [6.45, 7) is 1.29. The molecule has 2 heterocycles. The number of methoxy groups -OCH3 is 1. The molecule has 6 nitrogen and oxygen atoms in total. The molecule has 0 amide bonds. The highest BCUT2D eigenvalue weighted by molar-refractivity contribution is 5.84. The summed E-state index contributed by atoms with van der Waals surface area (Å²) in [6.07, 6.45) is 4.21. The molecule has 2 aliphatic rings. The van der Waals surface area contributed by atoms with Gasteiger partial charge >= 0.3 is 5.97 Å². The van der Waals surface area contributed by atoms with Crippen molar-refractivity contribution in [1.82, 2.24) is 14.8 Å². The summed E-state index contributed by atoms with van der Waals surface area (Å²) in [4.78, 5) is 15.7. The van der Waals surface area contributed by atoms with Gasteiger partial charge in [-0.05, 0) is 25.7 Å². The second-order valence-corrected chi connectivity index (χ2v) is 4.52. The summed E-state index contributed by atoms with van der Waals surface area (Å²) < 4.78 is 12.3. The number of fused-ring (bicyclic) bond motifs is 2. The summed E-state index contributed by atoms with van der Waals surface area (Å²) >= 11 is 0. The van der Waals surface area contributed by atoms with Crippen molar-refractivity contribution < 1.29 is 14.3 Å². The maximum absolute atomic E-state index is 11.4. The smallest absolute Gasteiger partial charge is 0.377 e. The number of rotatable bonds is 1. The first kappa shape index (κ1) is 10.7. The van der Waals surface area contributed by atoms with Crippen LogP contribution in [0.25, 0.3) is 0 Å². The summed E-state index contributed by atoms with van der Waals surface area (Å²) in [6, 6.07) is 0. The van der Waals surface area contributed by atoms with Gasteiger partial charge in [-0.25, -0.2) is 14.5 Å². The number of hydrogen-bond donors (Lipinski definition) is 0. The Morgan fingerprint density at radius 2 is 2.24 bits per heavy atom. The predicted molar refractivity (Wildman–Crippen MR) is 57.5 cm³/mol. The fourth-order valence-corrected chi connectivity index (χ4v) is 2.72. The number of ether oxygens (including phenoxy) is 2. The zero-order valence-corrected chi connectivity index (χ0v) is 9.81. The molecule has 1 aliphatic heterocycles. The van der Waals surface area contributed by atoms with Gasteiger partial charge in [0, 0.05) is 0 Å². The molecule has 0 bridgehead atoms. The normalized spacial score (nSPS) is 21.5. The quantitative estimate of drug-likeness (QED) is 0.678. The van der Waals surface area contributed by atoms with E-state index in [1.54, 1.807) is 4.68 Å². The molecular weight excluding hydrogens is 222 g/mol. The van der Waals surface area contributed by atoms with E-state index in [9.17, 15) is 4.79 Å². The minimum atomic E-state index is -0.486. The third-order valence-electron chi connectivity index (χ3n) is 3.54. The number of esters is 1. The lowest BCUT2D eigenvalue weighted by molar-refractivity contribution is -0.0788. The molecule has 1 saturated carbocycles. The Hall–Kier alpha value is -1.43. The topological polar surface area (TPSA) is 66.2 Å². The standard InChI is InChI=1S/C11H15N3O3/c1-16-9(15)8-12-10-11(4-2-3-5-11)17-7-6-14(10)13-8/h2-7H2,1H3. The maximum atomic E-state index is 11.4. The molecule has 0 N–H and O–H groups in total. The molecule has 0 aromatic carbocycles. The second-order valence-electron chi connectivity index (χ2n) is 4.52. The van der Waals surface area contributed by atoms with Crippen LogP contribution in [0.15, 0.2) is 0 Å². The number of nitrogens with zero attached hydrogens (tertiary/aromatic N) is 3. The van der Waals surface area contributed by atoms with Crippen molar-refractivity contribution in [1.29, 1.82) is 0 Å². The van der Waals surface area contributed by atoms with Crippen LogP contribution < -0.4 is 0 Å². The molecule has 17 heavy (non-hydrogen) atoms. The Labute approximate surface area is 98.9 Å². The number of hydrogen-bond acceptors (Lipinski definition) is 5. The average molecular weight is 237 g/mol. The van der Waals surface area contributed by atoms with Crippen LogP contribution in [0.2, 0.25) is 0 Å². The predicted octanol–water partition coefficient (Wildman–Crippen LogP) is 0.864. The third kappa shape index (κ3) is 1.55. The van der Waals surface area contributed by atoms with E-state index in [2.05, 4.69) is 14.8 Å². The van der Waals surface area contributed by atoms with Crippen LogP contribution in [0.4, 0.5) is 0 Å². The minimum absolute atomic E-state index is 0.138. The monoisotopic (exact) mass is 237 g/mol. The van der Waals surface area contributed by atoms with Gasteiger partial charge in [-0.15, -0.1) is 5.10 Å². The van der Waals surface area contributed by atoms with Crippen molar-refractivity contribution in [3.8, 4) is 0 Å². The summed E-state index contributed by atoms with van der Waals surface area (Å²) in [5.41, 5.74) is -0.308. The van der Waals surface area contributed by atoms with Gasteiger partial charge in [0.15, 0.2) is 5.82 Å². The Balaban J connectivity index is 2.02. The fourth-order valence-electron chi connectivity index (χ4n) is 2.72. The molecule has 6 heteroatoms. The number of carbonyl (C=O) groups is 1. The second kappa shape index (κ2) is 3.80. The van der Waals surface area contributed by atoms with Crippen molar-refractivity contribution in [3.63, 3.8) is 0 Å². The summed E-state index contributed by atoms with van der Waals surface area (Å²) in [5, 5.41) is 4.19. The first-order chi connectivity index (χ1) is 8.25. The molecule has 0 saturated heterocycles. The van der Waals surface area contributed by atoms with Gasteiger partial charge in [0.1, 0.15) is 5.60 Å². The van der Waals surface area contributed by atoms with E-state index in [1.807, 2.05) is 0 Å². The van der Waals surface area contributed by atoms with Gasteiger partial charge in [-0.2, -0.15) is 0 Å². The van der Waals surface area contributed by atoms with Crippen molar-refractivity contribution >= 4 is 5.97 Å². The van der Waals surface area contributed by atoms with Gasteiger partial charge in [0.25, 0.3) is 5.82 Å². The largest absolute Gasteiger partial charge is 0.463 e.